The normalized spacial score (nSPS) is 11.7. The van der Waals surface area contributed by atoms with Gasteiger partial charge in [0, 0.05) is 6.42 Å². The Bertz CT molecular complexity index is 448. The van der Waals surface area contributed by atoms with Gasteiger partial charge in [0.2, 0.25) is 0 Å². The van der Waals surface area contributed by atoms with E-state index in [1.54, 1.807) is 12.1 Å². The van der Waals surface area contributed by atoms with Crippen LogP contribution in [0.4, 0.5) is 0 Å². The second-order valence-electron chi connectivity index (χ2n) is 4.05. The van der Waals surface area contributed by atoms with Crippen molar-refractivity contribution in [2.24, 2.45) is 5.73 Å². The van der Waals surface area contributed by atoms with Crippen molar-refractivity contribution in [3.05, 3.63) is 39.9 Å². The maximum atomic E-state index is 11.5. The molecule has 1 aromatic carbocycles. The first-order valence-corrected chi connectivity index (χ1v) is 5.96. The number of phenols is 1. The second kappa shape index (κ2) is 7.95. The Labute approximate surface area is 115 Å². The zero-order valence-electron chi connectivity index (χ0n) is 10.7. The van der Waals surface area contributed by atoms with Crippen molar-refractivity contribution in [2.45, 2.75) is 18.9 Å². The average molecular weight is 284 g/mol. The fourth-order valence-corrected chi connectivity index (χ4v) is 1.45. The van der Waals surface area contributed by atoms with Crippen LogP contribution in [0.2, 0.25) is 0 Å². The first-order chi connectivity index (χ1) is 9.49. The van der Waals surface area contributed by atoms with E-state index in [1.165, 1.54) is 12.1 Å². The van der Waals surface area contributed by atoms with Gasteiger partial charge in [0.1, 0.15) is 11.8 Å². The third-order valence-electron chi connectivity index (χ3n) is 2.42. The molecule has 0 heterocycles. The van der Waals surface area contributed by atoms with Crippen LogP contribution in [0.3, 0.4) is 0 Å². The van der Waals surface area contributed by atoms with Crippen molar-refractivity contribution in [3.63, 3.8) is 0 Å². The summed E-state index contributed by atoms with van der Waals surface area (Å²) >= 11 is 0. The number of esters is 1. The van der Waals surface area contributed by atoms with Gasteiger partial charge in [-0.1, -0.05) is 12.1 Å². The summed E-state index contributed by atoms with van der Waals surface area (Å²) in [6.07, 6.45) is 0.503. The van der Waals surface area contributed by atoms with E-state index >= 15 is 0 Å². The molecule has 20 heavy (non-hydrogen) atoms. The highest BCUT2D eigenvalue weighted by Gasteiger charge is 2.15. The quantitative estimate of drug-likeness (QED) is 0.306. The van der Waals surface area contributed by atoms with Gasteiger partial charge < -0.3 is 20.4 Å². The Kier molecular flexibility index (Phi) is 6.24. The molecule has 0 aromatic heterocycles. The lowest BCUT2D eigenvalue weighted by Gasteiger charge is -2.11. The van der Waals surface area contributed by atoms with Gasteiger partial charge in [-0.2, -0.15) is 0 Å². The van der Waals surface area contributed by atoms with E-state index in [1.807, 2.05) is 0 Å². The number of ether oxygens (including phenoxy) is 1. The van der Waals surface area contributed by atoms with Gasteiger partial charge in [0.05, 0.1) is 13.2 Å². The Hall–Kier alpha value is -2.35. The fourth-order valence-electron chi connectivity index (χ4n) is 1.45. The number of aromatic hydroxyl groups is 1. The third-order valence-corrected chi connectivity index (χ3v) is 2.42. The van der Waals surface area contributed by atoms with Gasteiger partial charge in [-0.3, -0.25) is 4.79 Å². The maximum Gasteiger partial charge on any atom is 0.323 e. The van der Waals surface area contributed by atoms with Crippen LogP contribution >= 0.6 is 0 Å². The van der Waals surface area contributed by atoms with Crippen molar-refractivity contribution < 1.29 is 24.6 Å². The SMILES string of the molecule is NC(Cc1ccc(O)cc1)C(=O)OCCCO[N+](=O)[O-]. The molecule has 1 aromatic rings. The van der Waals surface area contributed by atoms with E-state index in [0.29, 0.717) is 0 Å². The molecule has 0 radical (unpaired) electrons. The Morgan fingerprint density at radius 2 is 2.00 bits per heavy atom. The third kappa shape index (κ3) is 6.01. The van der Waals surface area contributed by atoms with Crippen molar-refractivity contribution in [1.82, 2.24) is 0 Å². The lowest BCUT2D eigenvalue weighted by atomic mass is 10.1. The molecule has 1 unspecified atom stereocenters. The Morgan fingerprint density at radius 1 is 1.35 bits per heavy atom. The van der Waals surface area contributed by atoms with Gasteiger partial charge in [-0.25, -0.2) is 0 Å². The summed E-state index contributed by atoms with van der Waals surface area (Å²) in [6.45, 7) is -0.122. The monoisotopic (exact) mass is 284 g/mol. The van der Waals surface area contributed by atoms with Crippen LogP contribution in [0.25, 0.3) is 0 Å². The standard InChI is InChI=1S/C12H16N2O6/c13-11(8-9-2-4-10(15)5-3-9)12(16)19-6-1-7-20-14(17)18/h2-5,11,15H,1,6-8,13H2. The molecule has 0 spiro atoms. The van der Waals surface area contributed by atoms with Gasteiger partial charge in [-0.15, -0.1) is 10.1 Å². The van der Waals surface area contributed by atoms with Crippen molar-refractivity contribution in [2.75, 3.05) is 13.2 Å². The molecule has 0 aliphatic heterocycles. The van der Waals surface area contributed by atoms with Crippen LogP contribution in [-0.2, 0) is 20.8 Å². The summed E-state index contributed by atoms with van der Waals surface area (Å²) in [6, 6.07) is 5.50. The van der Waals surface area contributed by atoms with Crippen LogP contribution in [0, 0.1) is 10.1 Å². The topological polar surface area (TPSA) is 125 Å². The molecule has 0 saturated heterocycles. The molecule has 0 aliphatic carbocycles. The summed E-state index contributed by atoms with van der Waals surface area (Å²) in [5, 5.41) is 18.1. The number of benzene rings is 1. The molecule has 0 saturated carbocycles. The van der Waals surface area contributed by atoms with E-state index < -0.39 is 17.1 Å². The molecule has 1 rings (SSSR count). The fraction of sp³-hybridized carbons (Fsp3) is 0.417. The predicted octanol–water partition coefficient (Wildman–Crippen LogP) is 0.404. The van der Waals surface area contributed by atoms with Crippen molar-refractivity contribution in [1.29, 1.82) is 0 Å². The molecule has 0 amide bonds. The minimum atomic E-state index is -0.904. The van der Waals surface area contributed by atoms with Gasteiger partial charge in [0.25, 0.3) is 5.09 Å². The van der Waals surface area contributed by atoms with Crippen LogP contribution in [0.5, 0.6) is 5.75 Å². The number of carbonyl (C=O) groups is 1. The van der Waals surface area contributed by atoms with Gasteiger partial charge >= 0.3 is 5.97 Å². The highest BCUT2D eigenvalue weighted by Crippen LogP contribution is 2.11. The number of phenolic OH excluding ortho intramolecular Hbond substituents is 1. The molecule has 3 N–H and O–H groups in total. The highest BCUT2D eigenvalue weighted by atomic mass is 16.9. The number of nitrogens with zero attached hydrogens (tertiary/aromatic N) is 1. The lowest BCUT2D eigenvalue weighted by Crippen LogP contribution is -2.34. The van der Waals surface area contributed by atoms with Crippen LogP contribution < -0.4 is 5.73 Å². The number of rotatable bonds is 8. The summed E-state index contributed by atoms with van der Waals surface area (Å²) in [4.78, 5) is 25.5. The predicted molar refractivity (Wildman–Crippen MR) is 68.3 cm³/mol. The Morgan fingerprint density at radius 3 is 2.60 bits per heavy atom. The lowest BCUT2D eigenvalue weighted by molar-refractivity contribution is -0.757. The molecule has 0 bridgehead atoms. The number of hydrogen-bond donors (Lipinski definition) is 2. The molecule has 8 heteroatoms. The number of nitrogens with two attached hydrogens (primary N) is 1. The zero-order valence-corrected chi connectivity index (χ0v) is 10.7. The minimum absolute atomic E-state index is 0.00987. The number of hydrogen-bond acceptors (Lipinski definition) is 7. The van der Waals surface area contributed by atoms with E-state index in [0.717, 1.165) is 5.56 Å². The molecule has 0 fully saturated rings. The maximum absolute atomic E-state index is 11.5. The smallest absolute Gasteiger partial charge is 0.323 e. The van der Waals surface area contributed by atoms with Crippen LogP contribution in [0.1, 0.15) is 12.0 Å². The average Bonchev–Trinajstić information content (AvgIpc) is 2.40. The van der Waals surface area contributed by atoms with E-state index in [4.69, 9.17) is 15.6 Å². The van der Waals surface area contributed by atoms with E-state index in [2.05, 4.69) is 4.84 Å². The zero-order chi connectivity index (χ0) is 15.0. The van der Waals surface area contributed by atoms with Crippen LogP contribution in [0.15, 0.2) is 24.3 Å². The van der Waals surface area contributed by atoms with Crippen molar-refractivity contribution >= 4 is 5.97 Å². The molecule has 0 aliphatic rings. The minimum Gasteiger partial charge on any atom is -0.508 e. The first kappa shape index (κ1) is 15.7. The second-order valence-corrected chi connectivity index (χ2v) is 4.05. The van der Waals surface area contributed by atoms with Crippen LogP contribution in [-0.4, -0.2) is 35.4 Å². The highest BCUT2D eigenvalue weighted by molar-refractivity contribution is 5.75. The molecule has 1 atom stereocenters. The van der Waals surface area contributed by atoms with Crippen molar-refractivity contribution in [3.8, 4) is 5.75 Å². The summed E-state index contributed by atoms with van der Waals surface area (Å²) in [5.74, 6) is -0.449. The molecule has 8 nitrogen and oxygen atoms in total. The first-order valence-electron chi connectivity index (χ1n) is 5.96. The Balaban J connectivity index is 2.25. The summed E-state index contributed by atoms with van der Waals surface area (Å²) < 4.78 is 4.87. The van der Waals surface area contributed by atoms with Gasteiger partial charge in [-0.05, 0) is 24.1 Å². The van der Waals surface area contributed by atoms with Gasteiger partial charge in [0.15, 0.2) is 0 Å². The number of carbonyl (C=O) groups excluding carboxylic acids is 1. The molecule has 110 valence electrons. The molecular weight excluding hydrogens is 268 g/mol. The van der Waals surface area contributed by atoms with E-state index in [9.17, 15) is 14.9 Å². The largest absolute Gasteiger partial charge is 0.508 e. The van der Waals surface area contributed by atoms with E-state index in [-0.39, 0.29) is 31.8 Å². The summed E-state index contributed by atoms with van der Waals surface area (Å²) in [5.41, 5.74) is 6.47. The molecular formula is C12H16N2O6. The summed E-state index contributed by atoms with van der Waals surface area (Å²) in [7, 11) is 0.